The fourth-order valence-corrected chi connectivity index (χ4v) is 4.72. The van der Waals surface area contributed by atoms with Crippen molar-refractivity contribution < 1.29 is 13.2 Å². The summed E-state index contributed by atoms with van der Waals surface area (Å²) in [5.74, 6) is -0.126. The number of piperazine rings is 1. The Kier molecular flexibility index (Phi) is 5.35. The van der Waals surface area contributed by atoms with E-state index < -0.39 is 10.0 Å². The van der Waals surface area contributed by atoms with Crippen LogP contribution in [-0.4, -0.2) is 64.5 Å². The Labute approximate surface area is 173 Å². The minimum Gasteiger partial charge on any atom is -0.336 e. The zero-order chi connectivity index (χ0) is 20.4. The van der Waals surface area contributed by atoms with Gasteiger partial charge in [-0.2, -0.15) is 9.40 Å². The molecule has 2 heterocycles. The fourth-order valence-electron chi connectivity index (χ4n) is 3.17. The maximum Gasteiger partial charge on any atom is 0.253 e. The molecule has 0 radical (unpaired) electrons. The molecule has 0 N–H and O–H groups in total. The standard InChI is InChI=1S/C19H18ClN5O3S/c20-16-3-7-18(8-4-16)29(27,28)24-11-9-23(10-12-24)19(26)15-1-5-17(6-2-15)25-14-21-13-22-25/h1-8,13-14H,9-12H2. The van der Waals surface area contributed by atoms with Gasteiger partial charge in [-0.1, -0.05) is 11.6 Å². The van der Waals surface area contributed by atoms with Gasteiger partial charge in [-0.25, -0.2) is 18.1 Å². The second-order valence-corrected chi connectivity index (χ2v) is 8.91. The number of halogens is 1. The van der Waals surface area contributed by atoms with Crippen molar-refractivity contribution in [2.24, 2.45) is 0 Å². The van der Waals surface area contributed by atoms with Crippen molar-refractivity contribution >= 4 is 27.5 Å². The maximum atomic E-state index is 12.8. The Balaban J connectivity index is 1.41. The molecule has 3 aromatic rings. The van der Waals surface area contributed by atoms with E-state index in [2.05, 4.69) is 10.1 Å². The molecule has 150 valence electrons. The number of hydrogen-bond donors (Lipinski definition) is 0. The molecule has 0 saturated carbocycles. The van der Waals surface area contributed by atoms with E-state index in [9.17, 15) is 13.2 Å². The molecule has 1 amide bonds. The highest BCUT2D eigenvalue weighted by molar-refractivity contribution is 7.89. The zero-order valence-electron chi connectivity index (χ0n) is 15.3. The maximum absolute atomic E-state index is 12.8. The molecular weight excluding hydrogens is 414 g/mol. The number of nitrogens with zero attached hydrogens (tertiary/aromatic N) is 5. The molecule has 0 atom stereocenters. The van der Waals surface area contributed by atoms with Crippen molar-refractivity contribution in [1.82, 2.24) is 24.0 Å². The second kappa shape index (κ2) is 7.94. The largest absolute Gasteiger partial charge is 0.336 e. The van der Waals surface area contributed by atoms with Gasteiger partial charge in [0.05, 0.1) is 10.6 Å². The third-order valence-electron chi connectivity index (χ3n) is 4.77. The van der Waals surface area contributed by atoms with Crippen LogP contribution in [0.2, 0.25) is 5.02 Å². The molecule has 1 saturated heterocycles. The third-order valence-corrected chi connectivity index (χ3v) is 6.94. The van der Waals surface area contributed by atoms with Crippen molar-refractivity contribution in [1.29, 1.82) is 0 Å². The number of carbonyl (C=O) groups excluding carboxylic acids is 1. The van der Waals surface area contributed by atoms with Crippen molar-refractivity contribution in [3.8, 4) is 5.69 Å². The molecular formula is C19H18ClN5O3S. The molecule has 0 spiro atoms. The smallest absolute Gasteiger partial charge is 0.253 e. The van der Waals surface area contributed by atoms with Crippen LogP contribution in [0.25, 0.3) is 5.69 Å². The lowest BCUT2D eigenvalue weighted by molar-refractivity contribution is 0.0698. The molecule has 0 bridgehead atoms. The summed E-state index contributed by atoms with van der Waals surface area (Å²) in [5, 5.41) is 4.53. The minimum absolute atomic E-state index is 0.126. The highest BCUT2D eigenvalue weighted by atomic mass is 35.5. The summed E-state index contributed by atoms with van der Waals surface area (Å²) >= 11 is 5.84. The highest BCUT2D eigenvalue weighted by Crippen LogP contribution is 2.20. The molecule has 2 aromatic carbocycles. The molecule has 8 nitrogen and oxygen atoms in total. The Bertz CT molecular complexity index is 1090. The summed E-state index contributed by atoms with van der Waals surface area (Å²) in [6, 6.07) is 13.1. The number of hydrogen-bond acceptors (Lipinski definition) is 5. The fraction of sp³-hybridized carbons (Fsp3) is 0.211. The number of benzene rings is 2. The lowest BCUT2D eigenvalue weighted by Gasteiger charge is -2.34. The van der Waals surface area contributed by atoms with Gasteiger partial charge in [0.25, 0.3) is 5.91 Å². The van der Waals surface area contributed by atoms with Crippen LogP contribution in [0.4, 0.5) is 0 Å². The lowest BCUT2D eigenvalue weighted by Crippen LogP contribution is -2.50. The number of rotatable bonds is 4. The third kappa shape index (κ3) is 4.02. The Morgan fingerprint density at radius 3 is 2.17 bits per heavy atom. The van der Waals surface area contributed by atoms with Gasteiger partial charge < -0.3 is 4.90 Å². The second-order valence-electron chi connectivity index (χ2n) is 6.54. The van der Waals surface area contributed by atoms with Gasteiger partial charge in [-0.05, 0) is 48.5 Å². The lowest BCUT2D eigenvalue weighted by atomic mass is 10.1. The van der Waals surface area contributed by atoms with Gasteiger partial charge in [0, 0.05) is 36.8 Å². The molecule has 1 aliphatic heterocycles. The SMILES string of the molecule is O=C(c1ccc(-n2cncn2)cc1)N1CCN(S(=O)(=O)c2ccc(Cl)cc2)CC1. The van der Waals surface area contributed by atoms with Crippen LogP contribution in [0.5, 0.6) is 0 Å². The molecule has 0 unspecified atom stereocenters. The first kappa shape index (κ1) is 19.6. The van der Waals surface area contributed by atoms with E-state index in [1.54, 1.807) is 52.3 Å². The average Bonchev–Trinajstić information content (AvgIpc) is 3.29. The number of aromatic nitrogens is 3. The van der Waals surface area contributed by atoms with Crippen molar-refractivity contribution in [3.05, 3.63) is 71.8 Å². The molecule has 0 aliphatic carbocycles. The Morgan fingerprint density at radius 1 is 0.931 bits per heavy atom. The summed E-state index contributed by atoms with van der Waals surface area (Å²) in [4.78, 5) is 18.5. The van der Waals surface area contributed by atoms with Gasteiger partial charge in [0.1, 0.15) is 12.7 Å². The Hall–Kier alpha value is -2.75. The first-order valence-corrected chi connectivity index (χ1v) is 10.8. The zero-order valence-corrected chi connectivity index (χ0v) is 16.9. The van der Waals surface area contributed by atoms with Crippen molar-refractivity contribution in [2.45, 2.75) is 4.90 Å². The molecule has 1 aliphatic rings. The van der Waals surface area contributed by atoms with Crippen LogP contribution in [0.1, 0.15) is 10.4 Å². The van der Waals surface area contributed by atoms with E-state index in [1.807, 2.05) is 0 Å². The van der Waals surface area contributed by atoms with Gasteiger partial charge in [0.2, 0.25) is 10.0 Å². The van der Waals surface area contributed by atoms with Gasteiger partial charge in [-0.3, -0.25) is 4.79 Å². The normalized spacial score (nSPS) is 15.4. The van der Waals surface area contributed by atoms with E-state index in [0.717, 1.165) is 5.69 Å². The Morgan fingerprint density at radius 2 is 1.59 bits per heavy atom. The van der Waals surface area contributed by atoms with Gasteiger partial charge in [-0.15, -0.1) is 0 Å². The number of sulfonamides is 1. The monoisotopic (exact) mass is 431 g/mol. The highest BCUT2D eigenvalue weighted by Gasteiger charge is 2.30. The van der Waals surface area contributed by atoms with Crippen LogP contribution >= 0.6 is 11.6 Å². The number of carbonyl (C=O) groups is 1. The van der Waals surface area contributed by atoms with Crippen molar-refractivity contribution in [2.75, 3.05) is 26.2 Å². The predicted octanol–water partition coefficient (Wildman–Crippen LogP) is 2.07. The van der Waals surface area contributed by atoms with E-state index in [0.29, 0.717) is 23.7 Å². The summed E-state index contributed by atoms with van der Waals surface area (Å²) in [7, 11) is -3.60. The van der Waals surface area contributed by atoms with E-state index in [-0.39, 0.29) is 23.9 Å². The molecule has 10 heteroatoms. The van der Waals surface area contributed by atoms with Gasteiger partial charge in [0.15, 0.2) is 0 Å². The summed E-state index contributed by atoms with van der Waals surface area (Å²) in [5.41, 5.74) is 1.35. The van der Waals surface area contributed by atoms with E-state index in [1.165, 1.54) is 22.8 Å². The van der Waals surface area contributed by atoms with Crippen LogP contribution in [-0.2, 0) is 10.0 Å². The van der Waals surface area contributed by atoms with Crippen LogP contribution in [0.15, 0.2) is 66.1 Å². The van der Waals surface area contributed by atoms with E-state index >= 15 is 0 Å². The van der Waals surface area contributed by atoms with Crippen LogP contribution < -0.4 is 0 Å². The van der Waals surface area contributed by atoms with Gasteiger partial charge >= 0.3 is 0 Å². The van der Waals surface area contributed by atoms with Crippen LogP contribution in [0.3, 0.4) is 0 Å². The summed E-state index contributed by atoms with van der Waals surface area (Å²) < 4.78 is 28.5. The quantitative estimate of drug-likeness (QED) is 0.631. The minimum atomic E-state index is -3.60. The average molecular weight is 432 g/mol. The molecule has 4 rings (SSSR count). The van der Waals surface area contributed by atoms with Crippen molar-refractivity contribution in [3.63, 3.8) is 0 Å². The molecule has 1 fully saturated rings. The first-order valence-electron chi connectivity index (χ1n) is 8.95. The van der Waals surface area contributed by atoms with Crippen LogP contribution in [0, 0.1) is 0 Å². The topological polar surface area (TPSA) is 88.4 Å². The first-order chi connectivity index (χ1) is 13.9. The predicted molar refractivity (Wildman–Crippen MR) is 107 cm³/mol. The molecule has 29 heavy (non-hydrogen) atoms. The number of amides is 1. The summed E-state index contributed by atoms with van der Waals surface area (Å²) in [6.45, 7) is 1.15. The van der Waals surface area contributed by atoms with E-state index in [4.69, 9.17) is 11.6 Å². The molecule has 1 aromatic heterocycles. The summed E-state index contributed by atoms with van der Waals surface area (Å²) in [6.07, 6.45) is 3.02.